The van der Waals surface area contributed by atoms with Crippen LogP contribution in [0.2, 0.25) is 0 Å². The van der Waals surface area contributed by atoms with Gasteiger partial charge in [-0.05, 0) is 29.3 Å². The number of hydrogen-bond donors (Lipinski definition) is 1. The van der Waals surface area contributed by atoms with Gasteiger partial charge in [-0.25, -0.2) is 4.98 Å². The molecule has 0 atom stereocenters. The zero-order valence-electron chi connectivity index (χ0n) is 14.1. The molecule has 0 unspecified atom stereocenters. The molecule has 0 bridgehead atoms. The molecule has 7 heteroatoms. The average Bonchev–Trinajstić information content (AvgIpc) is 2.66. The van der Waals surface area contributed by atoms with Gasteiger partial charge in [0, 0.05) is 11.6 Å². The first-order valence-corrected chi connectivity index (χ1v) is 8.08. The molecule has 1 N–H and O–H groups in total. The molecule has 0 saturated heterocycles. The summed E-state index contributed by atoms with van der Waals surface area (Å²) >= 11 is 0. The van der Waals surface area contributed by atoms with Crippen molar-refractivity contribution in [2.75, 3.05) is 0 Å². The first-order valence-electron chi connectivity index (χ1n) is 8.08. The number of pyridine rings is 1. The van der Waals surface area contributed by atoms with E-state index in [1.165, 1.54) is 24.3 Å². The van der Waals surface area contributed by atoms with Gasteiger partial charge in [0.2, 0.25) is 5.88 Å². The molecule has 0 amide bonds. The fourth-order valence-corrected chi connectivity index (χ4v) is 2.49. The highest BCUT2D eigenvalue weighted by atomic mass is 19.4. The first kappa shape index (κ1) is 18.7. The summed E-state index contributed by atoms with van der Waals surface area (Å²) in [4.78, 5) is 4.28. The van der Waals surface area contributed by atoms with Crippen LogP contribution in [0, 0.1) is 0 Å². The number of rotatable bonds is 6. The number of nitrogens with zero attached hydrogens (tertiary/aromatic N) is 1. The van der Waals surface area contributed by atoms with Gasteiger partial charge in [-0.2, -0.15) is 0 Å². The van der Waals surface area contributed by atoms with Crippen LogP contribution in [0.5, 0.6) is 11.6 Å². The molecule has 0 aliphatic rings. The summed E-state index contributed by atoms with van der Waals surface area (Å²) in [7, 11) is 0. The second kappa shape index (κ2) is 8.09. The lowest BCUT2D eigenvalue weighted by atomic mass is 10.1. The van der Waals surface area contributed by atoms with E-state index >= 15 is 0 Å². The Morgan fingerprint density at radius 2 is 1.59 bits per heavy atom. The maximum Gasteiger partial charge on any atom is 0.573 e. The van der Waals surface area contributed by atoms with Crippen molar-refractivity contribution in [3.8, 4) is 22.9 Å². The quantitative estimate of drug-likeness (QED) is 0.677. The molecular formula is C20H16F3NO3. The predicted molar refractivity (Wildman–Crippen MR) is 93.1 cm³/mol. The monoisotopic (exact) mass is 375 g/mol. The average molecular weight is 375 g/mol. The molecular weight excluding hydrogens is 359 g/mol. The van der Waals surface area contributed by atoms with Crippen LogP contribution >= 0.6 is 0 Å². The molecule has 0 spiro atoms. The molecule has 1 aromatic heterocycles. The SMILES string of the molecule is OCc1cc(OCc2ccccc2)nc(-c2ccccc2OC(F)(F)F)c1. The van der Waals surface area contributed by atoms with E-state index < -0.39 is 6.36 Å². The number of alkyl halides is 3. The Balaban J connectivity index is 1.92. The maximum absolute atomic E-state index is 12.7. The molecule has 0 aliphatic heterocycles. The van der Waals surface area contributed by atoms with Crippen molar-refractivity contribution in [2.45, 2.75) is 19.6 Å². The van der Waals surface area contributed by atoms with Gasteiger partial charge in [0.25, 0.3) is 0 Å². The van der Waals surface area contributed by atoms with Crippen LogP contribution in [0.25, 0.3) is 11.3 Å². The lowest BCUT2D eigenvalue weighted by molar-refractivity contribution is -0.274. The summed E-state index contributed by atoms with van der Waals surface area (Å²) in [5.41, 5.74) is 1.74. The van der Waals surface area contributed by atoms with Gasteiger partial charge in [0.05, 0.1) is 12.3 Å². The van der Waals surface area contributed by atoms with Crippen molar-refractivity contribution >= 4 is 0 Å². The second-order valence-corrected chi connectivity index (χ2v) is 5.68. The van der Waals surface area contributed by atoms with Gasteiger partial charge in [-0.3, -0.25) is 0 Å². The van der Waals surface area contributed by atoms with Crippen molar-refractivity contribution in [1.82, 2.24) is 4.98 Å². The van der Waals surface area contributed by atoms with Crippen LogP contribution < -0.4 is 9.47 Å². The standard InChI is InChI=1S/C20H16F3NO3/c21-20(22,23)27-18-9-5-4-8-16(18)17-10-15(12-25)11-19(24-17)26-13-14-6-2-1-3-7-14/h1-11,25H,12-13H2. The van der Waals surface area contributed by atoms with Crippen LogP contribution in [0.3, 0.4) is 0 Å². The smallest absolute Gasteiger partial charge is 0.473 e. The number of aliphatic hydroxyl groups excluding tert-OH is 1. The Hall–Kier alpha value is -3.06. The van der Waals surface area contributed by atoms with Crippen molar-refractivity contribution < 1.29 is 27.8 Å². The zero-order chi connectivity index (χ0) is 19.3. The zero-order valence-corrected chi connectivity index (χ0v) is 14.1. The summed E-state index contributed by atoms with van der Waals surface area (Å²) in [6.45, 7) is -0.0671. The van der Waals surface area contributed by atoms with E-state index in [4.69, 9.17) is 4.74 Å². The van der Waals surface area contributed by atoms with Crippen LogP contribution in [0.4, 0.5) is 13.2 Å². The van der Waals surface area contributed by atoms with Crippen molar-refractivity contribution in [3.63, 3.8) is 0 Å². The topological polar surface area (TPSA) is 51.6 Å². The molecule has 1 heterocycles. The van der Waals surface area contributed by atoms with Gasteiger partial charge in [0.15, 0.2) is 0 Å². The number of halogens is 3. The van der Waals surface area contributed by atoms with Crippen molar-refractivity contribution in [1.29, 1.82) is 0 Å². The Labute approximate surface area is 153 Å². The lowest BCUT2D eigenvalue weighted by Crippen LogP contribution is -2.17. The number of para-hydroxylation sites is 1. The molecule has 27 heavy (non-hydrogen) atoms. The van der Waals surface area contributed by atoms with Crippen LogP contribution in [-0.4, -0.2) is 16.5 Å². The number of benzene rings is 2. The molecule has 0 saturated carbocycles. The van der Waals surface area contributed by atoms with E-state index in [0.717, 1.165) is 5.56 Å². The van der Waals surface area contributed by atoms with Crippen LogP contribution in [0.1, 0.15) is 11.1 Å². The van der Waals surface area contributed by atoms with E-state index in [1.54, 1.807) is 12.1 Å². The Morgan fingerprint density at radius 3 is 2.30 bits per heavy atom. The molecule has 0 aliphatic carbocycles. The minimum Gasteiger partial charge on any atom is -0.473 e. The Morgan fingerprint density at radius 1 is 0.889 bits per heavy atom. The molecule has 2 aromatic carbocycles. The molecule has 4 nitrogen and oxygen atoms in total. The predicted octanol–water partition coefficient (Wildman–Crippen LogP) is 4.72. The van der Waals surface area contributed by atoms with Gasteiger partial charge in [-0.15, -0.1) is 13.2 Å². The third-order valence-corrected chi connectivity index (χ3v) is 3.66. The van der Waals surface area contributed by atoms with Gasteiger partial charge in [0.1, 0.15) is 12.4 Å². The molecule has 140 valence electrons. The summed E-state index contributed by atoms with van der Waals surface area (Å²) in [6.07, 6.45) is -4.82. The molecule has 3 aromatic rings. The minimum atomic E-state index is -4.82. The third kappa shape index (κ3) is 5.21. The number of aliphatic hydroxyl groups is 1. The number of ether oxygens (including phenoxy) is 2. The molecule has 0 fully saturated rings. The molecule has 3 rings (SSSR count). The lowest BCUT2D eigenvalue weighted by Gasteiger charge is -2.14. The normalized spacial score (nSPS) is 11.3. The van der Waals surface area contributed by atoms with E-state index in [1.807, 2.05) is 30.3 Å². The highest BCUT2D eigenvalue weighted by molar-refractivity contribution is 5.68. The van der Waals surface area contributed by atoms with E-state index in [2.05, 4.69) is 9.72 Å². The van der Waals surface area contributed by atoms with Crippen LogP contribution in [-0.2, 0) is 13.2 Å². The van der Waals surface area contributed by atoms with Gasteiger partial charge in [-0.1, -0.05) is 42.5 Å². The second-order valence-electron chi connectivity index (χ2n) is 5.68. The van der Waals surface area contributed by atoms with Gasteiger partial charge < -0.3 is 14.6 Å². The third-order valence-electron chi connectivity index (χ3n) is 3.66. The summed E-state index contributed by atoms with van der Waals surface area (Å²) in [5, 5.41) is 9.48. The van der Waals surface area contributed by atoms with E-state index in [9.17, 15) is 18.3 Å². The van der Waals surface area contributed by atoms with Crippen molar-refractivity contribution in [2.24, 2.45) is 0 Å². The fourth-order valence-electron chi connectivity index (χ4n) is 2.49. The largest absolute Gasteiger partial charge is 0.573 e. The van der Waals surface area contributed by atoms with E-state index in [-0.39, 0.29) is 36.1 Å². The Kier molecular flexibility index (Phi) is 5.61. The maximum atomic E-state index is 12.7. The highest BCUT2D eigenvalue weighted by Crippen LogP contribution is 2.34. The van der Waals surface area contributed by atoms with E-state index in [0.29, 0.717) is 5.56 Å². The number of aromatic nitrogens is 1. The Bertz CT molecular complexity index is 898. The molecule has 0 radical (unpaired) electrons. The van der Waals surface area contributed by atoms with Crippen LogP contribution in [0.15, 0.2) is 66.7 Å². The highest BCUT2D eigenvalue weighted by Gasteiger charge is 2.32. The summed E-state index contributed by atoms with van der Waals surface area (Å²) < 4.78 is 47.7. The number of hydrogen-bond acceptors (Lipinski definition) is 4. The fraction of sp³-hybridized carbons (Fsp3) is 0.150. The summed E-state index contributed by atoms with van der Waals surface area (Å²) in [5.74, 6) is -0.177. The first-order chi connectivity index (χ1) is 12.9. The minimum absolute atomic E-state index is 0.148. The van der Waals surface area contributed by atoms with Crippen molar-refractivity contribution in [3.05, 3.63) is 77.9 Å². The summed E-state index contributed by atoms with van der Waals surface area (Å²) in [6, 6.07) is 18.1. The van der Waals surface area contributed by atoms with Gasteiger partial charge >= 0.3 is 6.36 Å².